The molecule has 0 bridgehead atoms. The Morgan fingerprint density at radius 3 is 1.36 bits per heavy atom. The van der Waals surface area contributed by atoms with Gasteiger partial charge in [-0.1, -0.05) is 121 Å². The molecule has 1 amide bonds. The predicted molar refractivity (Wildman–Crippen MR) is 156 cm³/mol. The summed E-state index contributed by atoms with van der Waals surface area (Å²) in [5.74, 6) is -0.812. The van der Waals surface area contributed by atoms with E-state index in [2.05, 4.69) is 5.32 Å². The normalized spacial score (nSPS) is 11.8. The SMILES string of the molecule is O=C(N[C@@H](COP(=O)(OCc1ccccc1)OCc1ccccc1)C(=O)OCc1ccccc1)OCc1ccccc1. The van der Waals surface area contributed by atoms with Crippen LogP contribution in [0, 0.1) is 0 Å². The van der Waals surface area contributed by atoms with Gasteiger partial charge in [0.15, 0.2) is 6.04 Å². The van der Waals surface area contributed by atoms with Crippen molar-refractivity contribution < 1.29 is 37.2 Å². The number of benzene rings is 4. The van der Waals surface area contributed by atoms with Crippen molar-refractivity contribution in [2.45, 2.75) is 32.5 Å². The first-order valence-corrected chi connectivity index (χ1v) is 14.7. The number of esters is 1. The van der Waals surface area contributed by atoms with Crippen molar-refractivity contribution in [3.63, 3.8) is 0 Å². The molecule has 0 fully saturated rings. The number of carbonyl (C=O) groups excluding carboxylic acids is 2. The Kier molecular flexibility index (Phi) is 11.9. The van der Waals surface area contributed by atoms with Crippen LogP contribution < -0.4 is 5.32 Å². The van der Waals surface area contributed by atoms with Gasteiger partial charge in [-0.15, -0.1) is 0 Å². The van der Waals surface area contributed by atoms with Gasteiger partial charge < -0.3 is 14.8 Å². The van der Waals surface area contributed by atoms with Crippen LogP contribution in [0.4, 0.5) is 4.79 Å². The van der Waals surface area contributed by atoms with E-state index in [4.69, 9.17) is 23.0 Å². The summed E-state index contributed by atoms with van der Waals surface area (Å²) in [5, 5.41) is 2.45. The maximum absolute atomic E-state index is 13.7. The van der Waals surface area contributed by atoms with Crippen molar-refractivity contribution in [1.29, 1.82) is 0 Å². The third-order valence-electron chi connectivity index (χ3n) is 5.88. The second kappa shape index (κ2) is 16.2. The molecule has 42 heavy (non-hydrogen) atoms. The number of hydrogen-bond acceptors (Lipinski definition) is 8. The Balaban J connectivity index is 1.44. The number of alkyl carbamates (subject to hydrolysis) is 1. The van der Waals surface area contributed by atoms with E-state index in [-0.39, 0.29) is 26.4 Å². The molecule has 1 N–H and O–H groups in total. The molecule has 0 unspecified atom stereocenters. The zero-order valence-electron chi connectivity index (χ0n) is 22.9. The molecule has 4 rings (SSSR count). The molecular formula is C32H32NO8P. The number of phosphoric acid groups is 1. The first kappa shape index (κ1) is 30.7. The highest BCUT2D eigenvalue weighted by Gasteiger charge is 2.32. The van der Waals surface area contributed by atoms with E-state index >= 15 is 0 Å². The van der Waals surface area contributed by atoms with Crippen molar-refractivity contribution in [2.75, 3.05) is 6.61 Å². The van der Waals surface area contributed by atoms with E-state index in [1.165, 1.54) is 0 Å². The minimum absolute atomic E-state index is 0.0157. The van der Waals surface area contributed by atoms with Gasteiger partial charge in [0.2, 0.25) is 0 Å². The number of phosphoric ester groups is 1. The molecular weight excluding hydrogens is 557 g/mol. The van der Waals surface area contributed by atoms with Gasteiger partial charge >= 0.3 is 19.9 Å². The van der Waals surface area contributed by atoms with Crippen molar-refractivity contribution in [3.05, 3.63) is 144 Å². The fraction of sp³-hybridized carbons (Fsp3) is 0.188. The molecule has 4 aromatic carbocycles. The Morgan fingerprint density at radius 1 is 0.548 bits per heavy atom. The largest absolute Gasteiger partial charge is 0.475 e. The van der Waals surface area contributed by atoms with Crippen LogP contribution in [-0.4, -0.2) is 24.7 Å². The highest BCUT2D eigenvalue weighted by atomic mass is 31.2. The van der Waals surface area contributed by atoms with E-state index < -0.39 is 32.5 Å². The third kappa shape index (κ3) is 10.6. The zero-order valence-corrected chi connectivity index (χ0v) is 23.8. The predicted octanol–water partition coefficient (Wildman–Crippen LogP) is 6.58. The highest BCUT2D eigenvalue weighted by Crippen LogP contribution is 2.51. The summed E-state index contributed by atoms with van der Waals surface area (Å²) in [5.41, 5.74) is 3.00. The molecule has 1 atom stereocenters. The molecule has 0 aliphatic heterocycles. The lowest BCUT2D eigenvalue weighted by Gasteiger charge is -2.22. The second-order valence-electron chi connectivity index (χ2n) is 9.11. The van der Waals surface area contributed by atoms with Crippen LogP contribution in [-0.2, 0) is 58.8 Å². The molecule has 9 nitrogen and oxygen atoms in total. The van der Waals surface area contributed by atoms with Crippen LogP contribution in [0.15, 0.2) is 121 Å². The molecule has 0 saturated heterocycles. The molecule has 218 valence electrons. The van der Waals surface area contributed by atoms with Gasteiger partial charge in [-0.2, -0.15) is 0 Å². The monoisotopic (exact) mass is 589 g/mol. The number of hydrogen-bond donors (Lipinski definition) is 1. The number of carbonyl (C=O) groups is 2. The van der Waals surface area contributed by atoms with Crippen LogP contribution in [0.25, 0.3) is 0 Å². The summed E-state index contributed by atoms with van der Waals surface area (Å²) < 4.78 is 41.2. The Hall–Kier alpha value is -4.27. The minimum Gasteiger partial charge on any atom is -0.459 e. The van der Waals surface area contributed by atoms with Gasteiger partial charge in [0, 0.05) is 0 Å². The number of amides is 1. The molecule has 0 heterocycles. The molecule has 10 heteroatoms. The van der Waals surface area contributed by atoms with Gasteiger partial charge in [-0.25, -0.2) is 14.2 Å². The number of rotatable bonds is 15. The molecule has 0 aliphatic rings. The van der Waals surface area contributed by atoms with Gasteiger partial charge in [0.1, 0.15) is 13.2 Å². The van der Waals surface area contributed by atoms with E-state index in [1.54, 1.807) is 48.5 Å². The van der Waals surface area contributed by atoms with E-state index in [9.17, 15) is 14.2 Å². The summed E-state index contributed by atoms with van der Waals surface area (Å²) >= 11 is 0. The first-order valence-electron chi connectivity index (χ1n) is 13.3. The molecule has 4 aromatic rings. The van der Waals surface area contributed by atoms with Crippen LogP contribution in [0.3, 0.4) is 0 Å². The number of ether oxygens (including phenoxy) is 2. The van der Waals surface area contributed by atoms with E-state index in [1.807, 2.05) is 72.8 Å². The van der Waals surface area contributed by atoms with Crippen LogP contribution in [0.5, 0.6) is 0 Å². The second-order valence-corrected chi connectivity index (χ2v) is 10.8. The quantitative estimate of drug-likeness (QED) is 0.122. The topological polar surface area (TPSA) is 109 Å². The van der Waals surface area contributed by atoms with Gasteiger partial charge in [0.25, 0.3) is 0 Å². The summed E-state index contributed by atoms with van der Waals surface area (Å²) in [6.45, 7) is -0.748. The average molecular weight is 590 g/mol. The summed E-state index contributed by atoms with van der Waals surface area (Å²) in [6.07, 6.45) is -0.880. The number of nitrogens with one attached hydrogen (secondary N) is 1. The molecule has 0 aliphatic carbocycles. The van der Waals surface area contributed by atoms with Crippen LogP contribution in [0.2, 0.25) is 0 Å². The Morgan fingerprint density at radius 2 is 0.929 bits per heavy atom. The minimum atomic E-state index is -4.23. The van der Waals surface area contributed by atoms with Crippen molar-refractivity contribution in [3.8, 4) is 0 Å². The Bertz CT molecular complexity index is 1370. The average Bonchev–Trinajstić information content (AvgIpc) is 3.05. The van der Waals surface area contributed by atoms with Crippen molar-refractivity contribution in [2.24, 2.45) is 0 Å². The third-order valence-corrected chi connectivity index (χ3v) is 7.23. The molecule has 0 radical (unpaired) electrons. The first-order chi connectivity index (χ1) is 20.5. The van der Waals surface area contributed by atoms with Gasteiger partial charge in [-0.3, -0.25) is 13.6 Å². The van der Waals surface area contributed by atoms with E-state index in [0.29, 0.717) is 0 Å². The van der Waals surface area contributed by atoms with Gasteiger partial charge in [-0.05, 0) is 22.3 Å². The summed E-state index contributed by atoms with van der Waals surface area (Å²) in [4.78, 5) is 25.7. The fourth-order valence-electron chi connectivity index (χ4n) is 3.64. The van der Waals surface area contributed by atoms with Crippen LogP contribution >= 0.6 is 7.82 Å². The van der Waals surface area contributed by atoms with Gasteiger partial charge in [0.05, 0.1) is 19.8 Å². The fourth-order valence-corrected chi connectivity index (χ4v) is 4.81. The standard InChI is InChI=1S/C32H32NO8P/c34-31(37-21-26-13-5-1-6-14-26)30(33-32(35)38-22-27-15-7-2-8-16-27)25-41-42(36,39-23-28-17-9-3-10-18-28)40-24-29-19-11-4-12-20-29/h1-20,30H,21-25H2,(H,33,35)/t30-/m0/s1. The molecule has 0 saturated carbocycles. The summed E-state index contributed by atoms with van der Waals surface area (Å²) in [7, 11) is -4.23. The zero-order chi connectivity index (χ0) is 29.5. The van der Waals surface area contributed by atoms with Crippen molar-refractivity contribution >= 4 is 19.9 Å². The molecule has 0 aromatic heterocycles. The lowest BCUT2D eigenvalue weighted by atomic mass is 10.2. The smallest absolute Gasteiger partial charge is 0.459 e. The van der Waals surface area contributed by atoms with E-state index in [0.717, 1.165) is 22.3 Å². The highest BCUT2D eigenvalue weighted by molar-refractivity contribution is 7.48. The lowest BCUT2D eigenvalue weighted by Crippen LogP contribution is -2.45. The summed E-state index contributed by atoms with van der Waals surface area (Å²) in [6, 6.07) is 34.9. The van der Waals surface area contributed by atoms with Crippen LogP contribution in [0.1, 0.15) is 22.3 Å². The van der Waals surface area contributed by atoms with Crippen molar-refractivity contribution in [1.82, 2.24) is 5.32 Å². The lowest BCUT2D eigenvalue weighted by molar-refractivity contribution is -0.148. The maximum Gasteiger partial charge on any atom is 0.475 e. The Labute approximate surface area is 245 Å². The molecule has 0 spiro atoms. The maximum atomic E-state index is 13.7.